The van der Waals surface area contributed by atoms with E-state index in [0.29, 0.717) is 16.5 Å². The second-order valence-corrected chi connectivity index (χ2v) is 8.67. The van der Waals surface area contributed by atoms with Crippen LogP contribution in [-0.4, -0.2) is 21.4 Å². The highest BCUT2D eigenvalue weighted by Gasteiger charge is 2.19. The number of rotatable bonds is 5. The molecule has 7 nitrogen and oxygen atoms in total. The Hall–Kier alpha value is -2.68. The van der Waals surface area contributed by atoms with E-state index in [0.717, 1.165) is 17.2 Å². The average molecular weight is 436 g/mol. The van der Waals surface area contributed by atoms with Gasteiger partial charge in [-0.3, -0.25) is 0 Å². The number of sulfonamides is 1. The summed E-state index contributed by atoms with van der Waals surface area (Å²) < 4.78 is 36.8. The lowest BCUT2D eigenvalue weighted by atomic mass is 10.0. The topological polar surface area (TPSA) is 103 Å². The second kappa shape index (κ2) is 7.98. The first-order valence-electron chi connectivity index (χ1n) is 8.57. The fourth-order valence-electron chi connectivity index (χ4n) is 2.82. The average Bonchev–Trinajstić information content (AvgIpc) is 2.69. The number of aryl methyl sites for hydroxylation is 2. The first-order chi connectivity index (χ1) is 13.6. The molecule has 0 aliphatic heterocycles. The van der Waals surface area contributed by atoms with Crippen molar-refractivity contribution in [1.29, 1.82) is 0 Å². The first kappa shape index (κ1) is 21.0. The van der Waals surface area contributed by atoms with Gasteiger partial charge in [-0.25, -0.2) is 22.7 Å². The number of benzene rings is 2. The maximum absolute atomic E-state index is 12.5. The number of fused-ring (bicyclic) bond motifs is 1. The standard InChI is InChI=1S/C20H18ClNO6S/c1-11-4-6-15-14(9-18(23)28-19(15)12(11)2)10-27-20(24)13-5-7-16(21)17(8-13)29(25,26)22-3/h4-9,22H,10H2,1-3H3. The van der Waals surface area contributed by atoms with Crippen molar-refractivity contribution in [2.75, 3.05) is 7.05 Å². The number of halogens is 1. The van der Waals surface area contributed by atoms with E-state index in [2.05, 4.69) is 4.72 Å². The highest BCUT2D eigenvalue weighted by Crippen LogP contribution is 2.25. The summed E-state index contributed by atoms with van der Waals surface area (Å²) in [6.07, 6.45) is 0. The molecule has 0 radical (unpaired) electrons. The normalized spacial score (nSPS) is 11.6. The van der Waals surface area contributed by atoms with Crippen LogP contribution in [0.15, 0.2) is 50.5 Å². The molecule has 0 fully saturated rings. The molecule has 0 aliphatic carbocycles. The zero-order chi connectivity index (χ0) is 21.3. The highest BCUT2D eigenvalue weighted by molar-refractivity contribution is 7.89. The number of hydrogen-bond donors (Lipinski definition) is 1. The molecule has 0 unspecified atom stereocenters. The van der Waals surface area contributed by atoms with Crippen LogP contribution in [0.3, 0.4) is 0 Å². The molecule has 1 N–H and O–H groups in total. The molecule has 29 heavy (non-hydrogen) atoms. The molecule has 2 aromatic carbocycles. The van der Waals surface area contributed by atoms with E-state index < -0.39 is 21.6 Å². The smallest absolute Gasteiger partial charge is 0.338 e. The van der Waals surface area contributed by atoms with Gasteiger partial charge in [0.1, 0.15) is 17.1 Å². The van der Waals surface area contributed by atoms with Crippen molar-refractivity contribution in [3.05, 3.63) is 74.1 Å². The Morgan fingerprint density at radius 1 is 1.17 bits per heavy atom. The van der Waals surface area contributed by atoms with Crippen molar-refractivity contribution in [1.82, 2.24) is 4.72 Å². The van der Waals surface area contributed by atoms with Crippen LogP contribution in [0.4, 0.5) is 0 Å². The Morgan fingerprint density at radius 3 is 2.59 bits per heavy atom. The molecule has 3 aromatic rings. The van der Waals surface area contributed by atoms with Crippen molar-refractivity contribution in [2.45, 2.75) is 25.3 Å². The lowest BCUT2D eigenvalue weighted by molar-refractivity contribution is 0.0473. The minimum absolute atomic E-state index is 0.0162. The number of carbonyl (C=O) groups is 1. The van der Waals surface area contributed by atoms with Gasteiger partial charge in [0.25, 0.3) is 0 Å². The van der Waals surface area contributed by atoms with Crippen LogP contribution in [0.2, 0.25) is 5.02 Å². The predicted molar refractivity (Wildman–Crippen MR) is 109 cm³/mol. The Balaban J connectivity index is 1.92. The van der Waals surface area contributed by atoms with Gasteiger partial charge in [-0.2, -0.15) is 0 Å². The molecule has 152 valence electrons. The molecule has 0 spiro atoms. The molecule has 0 aliphatic rings. The summed E-state index contributed by atoms with van der Waals surface area (Å²) in [7, 11) is -2.60. The third kappa shape index (κ3) is 4.19. The number of carbonyl (C=O) groups excluding carboxylic acids is 1. The first-order valence-corrected chi connectivity index (χ1v) is 10.4. The van der Waals surface area contributed by atoms with E-state index in [-0.39, 0.29) is 22.1 Å². The van der Waals surface area contributed by atoms with Crippen molar-refractivity contribution >= 4 is 38.6 Å². The lowest BCUT2D eigenvalue weighted by Gasteiger charge is -2.11. The Labute approximate surface area is 172 Å². The SMILES string of the molecule is CNS(=O)(=O)c1cc(C(=O)OCc2cc(=O)oc3c(C)c(C)ccc23)ccc1Cl. The molecule has 0 saturated heterocycles. The van der Waals surface area contributed by atoms with Crippen LogP contribution >= 0.6 is 11.6 Å². The maximum atomic E-state index is 12.5. The van der Waals surface area contributed by atoms with Crippen molar-refractivity contribution < 1.29 is 22.4 Å². The minimum Gasteiger partial charge on any atom is -0.457 e. The summed E-state index contributed by atoms with van der Waals surface area (Å²) in [5.74, 6) is -0.751. The van der Waals surface area contributed by atoms with Crippen LogP contribution in [0.5, 0.6) is 0 Å². The second-order valence-electron chi connectivity index (χ2n) is 6.40. The molecular weight excluding hydrogens is 418 g/mol. The largest absolute Gasteiger partial charge is 0.457 e. The van der Waals surface area contributed by atoms with Crippen LogP contribution < -0.4 is 10.3 Å². The van der Waals surface area contributed by atoms with E-state index in [4.69, 9.17) is 20.8 Å². The van der Waals surface area contributed by atoms with Gasteiger partial charge in [0.2, 0.25) is 10.0 Å². The Morgan fingerprint density at radius 2 is 1.90 bits per heavy atom. The van der Waals surface area contributed by atoms with Crippen molar-refractivity contribution in [3.8, 4) is 0 Å². The van der Waals surface area contributed by atoms with E-state index in [9.17, 15) is 18.0 Å². The number of nitrogens with one attached hydrogen (secondary N) is 1. The van der Waals surface area contributed by atoms with Crippen LogP contribution in [-0.2, 0) is 21.4 Å². The van der Waals surface area contributed by atoms with Gasteiger partial charge in [-0.1, -0.05) is 23.7 Å². The zero-order valence-electron chi connectivity index (χ0n) is 15.9. The summed E-state index contributed by atoms with van der Waals surface area (Å²) in [5, 5.41) is 0.642. The third-order valence-corrected chi connectivity index (χ3v) is 6.50. The fourth-order valence-corrected chi connectivity index (χ4v) is 4.07. The lowest BCUT2D eigenvalue weighted by Crippen LogP contribution is -2.19. The van der Waals surface area contributed by atoms with Crippen molar-refractivity contribution in [3.63, 3.8) is 0 Å². The molecular formula is C20H18ClNO6S. The third-order valence-electron chi connectivity index (χ3n) is 4.60. The van der Waals surface area contributed by atoms with Crippen LogP contribution in [0.25, 0.3) is 11.0 Å². The summed E-state index contributed by atoms with van der Waals surface area (Å²) >= 11 is 5.93. The Kier molecular flexibility index (Phi) is 5.79. The number of ether oxygens (including phenoxy) is 1. The monoisotopic (exact) mass is 435 g/mol. The van der Waals surface area contributed by atoms with E-state index in [1.54, 1.807) is 6.07 Å². The summed E-state index contributed by atoms with van der Waals surface area (Å²) in [4.78, 5) is 24.1. The molecule has 1 aromatic heterocycles. The number of hydrogen-bond acceptors (Lipinski definition) is 6. The molecule has 0 atom stereocenters. The van der Waals surface area contributed by atoms with Gasteiger partial charge < -0.3 is 9.15 Å². The summed E-state index contributed by atoms with van der Waals surface area (Å²) in [6.45, 7) is 3.56. The van der Waals surface area contributed by atoms with Gasteiger partial charge in [-0.15, -0.1) is 0 Å². The van der Waals surface area contributed by atoms with E-state index in [1.807, 2.05) is 19.9 Å². The molecule has 0 saturated carbocycles. The highest BCUT2D eigenvalue weighted by atomic mass is 35.5. The van der Waals surface area contributed by atoms with E-state index >= 15 is 0 Å². The molecule has 1 heterocycles. The van der Waals surface area contributed by atoms with Crippen LogP contribution in [0.1, 0.15) is 27.0 Å². The molecule has 0 bridgehead atoms. The van der Waals surface area contributed by atoms with E-state index in [1.165, 1.54) is 25.2 Å². The maximum Gasteiger partial charge on any atom is 0.338 e. The quantitative estimate of drug-likeness (QED) is 0.487. The number of esters is 1. The summed E-state index contributed by atoms with van der Waals surface area (Å²) in [5.41, 5.74) is 2.19. The predicted octanol–water partition coefficient (Wildman–Crippen LogP) is 3.33. The minimum atomic E-state index is -3.84. The molecule has 0 amide bonds. The van der Waals surface area contributed by atoms with Gasteiger partial charge >= 0.3 is 11.6 Å². The van der Waals surface area contributed by atoms with Gasteiger partial charge in [0.05, 0.1) is 10.6 Å². The van der Waals surface area contributed by atoms with Crippen molar-refractivity contribution in [2.24, 2.45) is 0 Å². The zero-order valence-corrected chi connectivity index (χ0v) is 17.5. The van der Waals surface area contributed by atoms with Gasteiger partial charge in [0, 0.05) is 17.0 Å². The molecule has 3 rings (SSSR count). The summed E-state index contributed by atoms with van der Waals surface area (Å²) in [6, 6.07) is 8.76. The van der Waals surface area contributed by atoms with Gasteiger partial charge in [-0.05, 0) is 50.2 Å². The molecule has 9 heteroatoms. The Bertz CT molecular complexity index is 1280. The fraction of sp³-hybridized carbons (Fsp3) is 0.200. The van der Waals surface area contributed by atoms with Crippen LogP contribution in [0, 0.1) is 13.8 Å². The van der Waals surface area contributed by atoms with Gasteiger partial charge in [0.15, 0.2) is 0 Å².